The Hall–Kier alpha value is -9.12. The highest BCUT2D eigenvalue weighted by Gasteiger charge is 2.25. The topological polar surface area (TPSA) is 85.5 Å². The first-order chi connectivity index (χ1) is 32.2. The molecular weight excluding hydrogens is 797 g/mol. The molecule has 0 unspecified atom stereocenters. The average Bonchev–Trinajstić information content (AvgIpc) is 4.05. The molecule has 9 aromatic carbocycles. The van der Waals surface area contributed by atoms with Crippen molar-refractivity contribution in [2.24, 2.45) is 0 Å². The molecule has 0 fully saturated rings. The summed E-state index contributed by atoms with van der Waals surface area (Å²) >= 11 is 0. The van der Waals surface area contributed by atoms with Gasteiger partial charge in [-0.2, -0.15) is 15.2 Å². The minimum atomic E-state index is 0.449. The fraction of sp³-hybridized carbons (Fsp3) is 0. The van der Waals surface area contributed by atoms with E-state index in [9.17, 15) is 5.26 Å². The van der Waals surface area contributed by atoms with Crippen LogP contribution in [-0.2, 0) is 0 Å². The SMILES string of the molecule is N#Cc1cccc(-c2nc(-c3cccc4oc5cccc(-c6ccccc6)c5c34)nc(-n3c4ccccc4c4ccc5c6ccccc6n(-c6ccc(-c7ccccc7)cc6)c5c43)n2)c1. The molecule has 65 heavy (non-hydrogen) atoms. The Morgan fingerprint density at radius 2 is 0.938 bits per heavy atom. The summed E-state index contributed by atoms with van der Waals surface area (Å²) in [7, 11) is 0. The molecule has 7 nitrogen and oxygen atoms in total. The van der Waals surface area contributed by atoms with Gasteiger partial charge in [-0.1, -0.05) is 158 Å². The Kier molecular flexibility index (Phi) is 8.14. The molecule has 4 heterocycles. The lowest BCUT2D eigenvalue weighted by molar-refractivity contribution is 0.669. The Bertz CT molecular complexity index is 4060. The largest absolute Gasteiger partial charge is 0.456 e. The number of hydrogen-bond acceptors (Lipinski definition) is 5. The number of fused-ring (bicyclic) bond motifs is 10. The molecule has 0 atom stereocenters. The molecule has 0 aliphatic heterocycles. The molecule has 0 aliphatic rings. The third-order valence-electron chi connectivity index (χ3n) is 12.6. The van der Waals surface area contributed by atoms with Crippen molar-refractivity contribution in [1.29, 1.82) is 5.26 Å². The number of hydrogen-bond donors (Lipinski definition) is 0. The van der Waals surface area contributed by atoms with Gasteiger partial charge in [0.05, 0.1) is 33.7 Å². The van der Waals surface area contributed by atoms with Crippen molar-refractivity contribution < 1.29 is 4.42 Å². The quantitative estimate of drug-likeness (QED) is 0.167. The van der Waals surface area contributed by atoms with Crippen LogP contribution in [0.1, 0.15) is 5.56 Å². The van der Waals surface area contributed by atoms with E-state index >= 15 is 0 Å². The van der Waals surface area contributed by atoms with Crippen LogP contribution in [-0.4, -0.2) is 24.1 Å². The van der Waals surface area contributed by atoms with Crippen molar-refractivity contribution in [1.82, 2.24) is 24.1 Å². The predicted octanol–water partition coefficient (Wildman–Crippen LogP) is 14.5. The van der Waals surface area contributed by atoms with E-state index < -0.39 is 0 Å². The molecule has 7 heteroatoms. The van der Waals surface area contributed by atoms with Gasteiger partial charge in [0.15, 0.2) is 11.6 Å². The van der Waals surface area contributed by atoms with E-state index in [2.05, 4.69) is 161 Å². The minimum absolute atomic E-state index is 0.449. The van der Waals surface area contributed by atoms with Gasteiger partial charge in [-0.15, -0.1) is 0 Å². The Labute approximate surface area is 372 Å². The van der Waals surface area contributed by atoms with E-state index in [0.717, 1.165) is 93.5 Å². The maximum absolute atomic E-state index is 10.0. The van der Waals surface area contributed by atoms with Crippen LogP contribution in [0, 0.1) is 11.3 Å². The highest BCUT2D eigenvalue weighted by atomic mass is 16.3. The summed E-state index contributed by atoms with van der Waals surface area (Å²) in [5.41, 5.74) is 13.1. The van der Waals surface area contributed by atoms with E-state index in [1.54, 1.807) is 6.07 Å². The van der Waals surface area contributed by atoms with E-state index in [4.69, 9.17) is 19.4 Å². The second-order valence-electron chi connectivity index (χ2n) is 16.3. The summed E-state index contributed by atoms with van der Waals surface area (Å²) in [5, 5.41) is 16.3. The summed E-state index contributed by atoms with van der Waals surface area (Å²) in [6.45, 7) is 0. The summed E-state index contributed by atoms with van der Waals surface area (Å²) in [5.74, 6) is 1.39. The average molecular weight is 831 g/mol. The normalized spacial score (nSPS) is 11.7. The monoisotopic (exact) mass is 830 g/mol. The second-order valence-corrected chi connectivity index (χ2v) is 16.3. The van der Waals surface area contributed by atoms with Crippen LogP contribution >= 0.6 is 0 Å². The summed E-state index contributed by atoms with van der Waals surface area (Å²) in [4.78, 5) is 16.1. The van der Waals surface area contributed by atoms with Crippen LogP contribution in [0.2, 0.25) is 0 Å². The molecule has 0 bridgehead atoms. The molecule has 0 N–H and O–H groups in total. The predicted molar refractivity (Wildman–Crippen MR) is 262 cm³/mol. The van der Waals surface area contributed by atoms with Gasteiger partial charge in [0, 0.05) is 49.1 Å². The molecule has 0 saturated heterocycles. The van der Waals surface area contributed by atoms with Crippen molar-refractivity contribution in [2.45, 2.75) is 0 Å². The summed E-state index contributed by atoms with van der Waals surface area (Å²) in [6, 6.07) is 73.2. The van der Waals surface area contributed by atoms with Gasteiger partial charge in [-0.05, 0) is 70.8 Å². The number of rotatable bonds is 6. The van der Waals surface area contributed by atoms with Gasteiger partial charge in [0.1, 0.15) is 11.2 Å². The Balaban J connectivity index is 1.14. The highest BCUT2D eigenvalue weighted by molar-refractivity contribution is 6.24. The van der Waals surface area contributed by atoms with E-state index in [1.165, 1.54) is 5.56 Å². The van der Waals surface area contributed by atoms with Crippen molar-refractivity contribution >= 4 is 65.6 Å². The number of nitrogens with zero attached hydrogens (tertiary/aromatic N) is 6. The molecule has 302 valence electrons. The number of para-hydroxylation sites is 2. The van der Waals surface area contributed by atoms with Gasteiger partial charge in [0.2, 0.25) is 5.95 Å². The number of benzene rings is 9. The third-order valence-corrected chi connectivity index (χ3v) is 12.6. The van der Waals surface area contributed by atoms with Gasteiger partial charge in [-0.25, -0.2) is 4.98 Å². The Morgan fingerprint density at radius 3 is 1.63 bits per heavy atom. The lowest BCUT2D eigenvalue weighted by Gasteiger charge is -2.14. The molecule has 0 radical (unpaired) electrons. The van der Waals surface area contributed by atoms with E-state index in [1.807, 2.05) is 54.6 Å². The van der Waals surface area contributed by atoms with Crippen molar-refractivity contribution in [3.8, 4) is 62.7 Å². The number of nitriles is 1. The third kappa shape index (κ3) is 5.71. The van der Waals surface area contributed by atoms with Crippen LogP contribution in [0.5, 0.6) is 0 Å². The van der Waals surface area contributed by atoms with Crippen LogP contribution in [0.25, 0.3) is 122 Å². The smallest absolute Gasteiger partial charge is 0.238 e. The molecule has 0 spiro atoms. The second kappa shape index (κ2) is 14.5. The van der Waals surface area contributed by atoms with Crippen LogP contribution in [0.4, 0.5) is 0 Å². The lowest BCUT2D eigenvalue weighted by atomic mass is 9.97. The molecule has 13 aromatic rings. The van der Waals surface area contributed by atoms with Crippen LogP contribution < -0.4 is 0 Å². The first-order valence-corrected chi connectivity index (χ1v) is 21.6. The first-order valence-electron chi connectivity index (χ1n) is 21.6. The van der Waals surface area contributed by atoms with Crippen LogP contribution in [0.15, 0.2) is 211 Å². The number of aromatic nitrogens is 5. The zero-order valence-corrected chi connectivity index (χ0v) is 34.7. The van der Waals surface area contributed by atoms with Gasteiger partial charge in [-0.3, -0.25) is 4.57 Å². The molecular formula is C58H34N6O. The van der Waals surface area contributed by atoms with Crippen LogP contribution in [0.3, 0.4) is 0 Å². The van der Waals surface area contributed by atoms with E-state index in [0.29, 0.717) is 28.7 Å². The molecule has 0 saturated carbocycles. The fourth-order valence-corrected chi connectivity index (χ4v) is 9.76. The zero-order valence-electron chi connectivity index (χ0n) is 34.7. The van der Waals surface area contributed by atoms with Crippen molar-refractivity contribution in [3.05, 3.63) is 212 Å². The van der Waals surface area contributed by atoms with E-state index in [-0.39, 0.29) is 0 Å². The molecule has 0 aliphatic carbocycles. The van der Waals surface area contributed by atoms with Gasteiger partial charge >= 0.3 is 0 Å². The summed E-state index contributed by atoms with van der Waals surface area (Å²) in [6.07, 6.45) is 0. The lowest BCUT2D eigenvalue weighted by Crippen LogP contribution is -2.07. The zero-order chi connectivity index (χ0) is 43.0. The molecule has 0 amide bonds. The molecule has 13 rings (SSSR count). The Morgan fingerprint density at radius 1 is 0.400 bits per heavy atom. The van der Waals surface area contributed by atoms with Crippen molar-refractivity contribution in [3.63, 3.8) is 0 Å². The van der Waals surface area contributed by atoms with Gasteiger partial charge < -0.3 is 8.98 Å². The molecule has 4 aromatic heterocycles. The minimum Gasteiger partial charge on any atom is -0.456 e. The summed E-state index contributed by atoms with van der Waals surface area (Å²) < 4.78 is 11.2. The number of furan rings is 1. The highest BCUT2D eigenvalue weighted by Crippen LogP contribution is 2.44. The van der Waals surface area contributed by atoms with Gasteiger partial charge in [0.25, 0.3) is 0 Å². The maximum atomic E-state index is 10.0. The standard InChI is InChI=1S/C58H34N6O/c59-35-36-14-11-19-40(34-36)56-60-57(47-23-13-27-51-53(47)52-42(22-12-26-50(52)65-51)39-17-5-2-6-18-39)62-58(61-56)64-49-25-10-8-21-44(49)46-33-32-45-43-20-7-9-24-48(43)63(54(45)55(46)64)41-30-28-38(29-31-41)37-15-3-1-4-16-37/h1-34H. The fourth-order valence-electron chi connectivity index (χ4n) is 9.76. The van der Waals surface area contributed by atoms with Crippen molar-refractivity contribution in [2.75, 3.05) is 0 Å². The maximum Gasteiger partial charge on any atom is 0.238 e. The first kappa shape index (κ1) is 36.5.